The molecule has 3 heteroatoms. The summed E-state index contributed by atoms with van der Waals surface area (Å²) in [5.41, 5.74) is 8.73. The molecule has 0 spiro atoms. The molecule has 0 bridgehead atoms. The van der Waals surface area contributed by atoms with Crippen molar-refractivity contribution >= 4 is 24.0 Å². The van der Waals surface area contributed by atoms with Crippen LogP contribution in [-0.4, -0.2) is 0 Å². The van der Waals surface area contributed by atoms with Crippen LogP contribution in [0.3, 0.4) is 0 Å². The molecule has 0 aromatic heterocycles. The zero-order chi connectivity index (χ0) is 22.5. The first-order valence-corrected chi connectivity index (χ1v) is 11.3. The molecular formula is C30H22N2S. The lowest BCUT2D eigenvalue weighted by atomic mass is 9.93. The Morgan fingerprint density at radius 2 is 0.727 bits per heavy atom. The van der Waals surface area contributed by atoms with Gasteiger partial charge in [0.25, 0.3) is 0 Å². The van der Waals surface area contributed by atoms with Crippen molar-refractivity contribution < 1.29 is 0 Å². The van der Waals surface area contributed by atoms with Crippen molar-refractivity contribution in [2.75, 3.05) is 0 Å². The van der Waals surface area contributed by atoms with Crippen molar-refractivity contribution in [3.63, 3.8) is 0 Å². The zero-order valence-corrected chi connectivity index (χ0v) is 18.9. The van der Waals surface area contributed by atoms with Crippen molar-refractivity contribution in [1.82, 2.24) is 0 Å². The monoisotopic (exact) mass is 442 g/mol. The summed E-state index contributed by atoms with van der Waals surface area (Å²) < 4.78 is 0. The Kier molecular flexibility index (Phi) is 6.14. The van der Waals surface area contributed by atoms with Crippen LogP contribution in [-0.2, 0) is 0 Å². The summed E-state index contributed by atoms with van der Waals surface area (Å²) in [6, 6.07) is 43.6. The van der Waals surface area contributed by atoms with Crippen LogP contribution in [0.2, 0.25) is 0 Å². The van der Waals surface area contributed by atoms with Gasteiger partial charge in [-0.1, -0.05) is 72.8 Å². The van der Waals surface area contributed by atoms with Gasteiger partial charge in [-0.2, -0.15) is 10.2 Å². The Balaban J connectivity index is 1.49. The maximum atomic E-state index is 4.37. The predicted octanol–water partition coefficient (Wildman–Crippen LogP) is 9.39. The highest BCUT2D eigenvalue weighted by atomic mass is 32.1. The fourth-order valence-electron chi connectivity index (χ4n) is 3.74. The smallest absolute Gasteiger partial charge is 0.0857 e. The molecule has 0 aliphatic carbocycles. The van der Waals surface area contributed by atoms with Gasteiger partial charge >= 0.3 is 0 Å². The molecule has 0 heterocycles. The molecule has 0 amide bonds. The van der Waals surface area contributed by atoms with Crippen molar-refractivity contribution in [1.29, 1.82) is 0 Å². The van der Waals surface area contributed by atoms with Gasteiger partial charge in [-0.05, 0) is 88.0 Å². The highest BCUT2D eigenvalue weighted by molar-refractivity contribution is 7.80. The van der Waals surface area contributed by atoms with E-state index in [9.17, 15) is 0 Å². The summed E-state index contributed by atoms with van der Waals surface area (Å²) in [5, 5.41) is 8.69. The fourth-order valence-corrected chi connectivity index (χ4v) is 3.89. The third kappa shape index (κ3) is 5.11. The van der Waals surface area contributed by atoms with Crippen molar-refractivity contribution in [3.8, 4) is 33.4 Å². The summed E-state index contributed by atoms with van der Waals surface area (Å²) in [7, 11) is 0. The van der Waals surface area contributed by atoms with E-state index in [1.165, 1.54) is 27.8 Å². The number of nitrogens with zero attached hydrogens (tertiary/aromatic N) is 2. The molecule has 33 heavy (non-hydrogen) atoms. The third-order valence-corrected chi connectivity index (χ3v) is 5.78. The van der Waals surface area contributed by atoms with E-state index in [2.05, 4.69) is 102 Å². The second-order valence-corrected chi connectivity index (χ2v) is 8.31. The highest BCUT2D eigenvalue weighted by Crippen LogP contribution is 2.33. The number of benzene rings is 5. The molecule has 0 fully saturated rings. The molecule has 0 unspecified atom stereocenters. The minimum absolute atomic E-state index is 0.806. The van der Waals surface area contributed by atoms with Gasteiger partial charge in [-0.25, -0.2) is 0 Å². The van der Waals surface area contributed by atoms with E-state index in [-0.39, 0.29) is 0 Å². The summed E-state index contributed by atoms with van der Waals surface area (Å²) in [4.78, 5) is 0.908. The Bertz CT molecular complexity index is 1320. The number of thiol groups is 1. The number of rotatable bonds is 5. The van der Waals surface area contributed by atoms with Gasteiger partial charge < -0.3 is 0 Å². The summed E-state index contributed by atoms with van der Waals surface area (Å²) >= 11 is 4.30. The van der Waals surface area contributed by atoms with E-state index in [0.29, 0.717) is 0 Å². The summed E-state index contributed by atoms with van der Waals surface area (Å²) in [5.74, 6) is 0. The summed E-state index contributed by atoms with van der Waals surface area (Å²) in [6.45, 7) is 0. The molecule has 158 valence electrons. The van der Waals surface area contributed by atoms with Crippen LogP contribution in [0.25, 0.3) is 33.4 Å². The Morgan fingerprint density at radius 3 is 1.15 bits per heavy atom. The topological polar surface area (TPSA) is 24.7 Å². The van der Waals surface area contributed by atoms with E-state index in [4.69, 9.17) is 0 Å². The highest BCUT2D eigenvalue weighted by Gasteiger charge is 2.07. The van der Waals surface area contributed by atoms with Crippen LogP contribution in [0.5, 0.6) is 0 Å². The van der Waals surface area contributed by atoms with Crippen molar-refractivity contribution in [2.24, 2.45) is 10.2 Å². The standard InChI is InChI=1S/C30H22N2S/c33-30-17-15-29(16-18-30)32-31-28-13-11-24(12-14-28)27-20-25(22-7-3-1-4-8-22)19-26(21-27)23-9-5-2-6-10-23/h1-21,33H. The van der Waals surface area contributed by atoms with Crippen LogP contribution < -0.4 is 0 Å². The molecule has 5 aromatic rings. The lowest BCUT2D eigenvalue weighted by Gasteiger charge is -2.11. The minimum Gasteiger partial charge on any atom is -0.151 e. The average Bonchev–Trinajstić information content (AvgIpc) is 2.89. The molecule has 0 N–H and O–H groups in total. The first-order valence-electron chi connectivity index (χ1n) is 10.8. The van der Waals surface area contributed by atoms with Gasteiger partial charge in [0.05, 0.1) is 11.4 Å². The molecule has 0 aliphatic heterocycles. The van der Waals surface area contributed by atoms with Crippen LogP contribution >= 0.6 is 12.6 Å². The van der Waals surface area contributed by atoms with E-state index in [0.717, 1.165) is 21.8 Å². The van der Waals surface area contributed by atoms with E-state index in [1.54, 1.807) is 0 Å². The van der Waals surface area contributed by atoms with Crippen molar-refractivity contribution in [3.05, 3.63) is 127 Å². The fraction of sp³-hybridized carbons (Fsp3) is 0. The number of hydrogen-bond donors (Lipinski definition) is 1. The van der Waals surface area contributed by atoms with Gasteiger partial charge in [0.1, 0.15) is 0 Å². The third-order valence-electron chi connectivity index (χ3n) is 5.48. The maximum absolute atomic E-state index is 4.37. The molecule has 5 aromatic carbocycles. The lowest BCUT2D eigenvalue weighted by Crippen LogP contribution is -1.86. The molecule has 0 atom stereocenters. The zero-order valence-electron chi connectivity index (χ0n) is 18.0. The molecule has 0 aliphatic rings. The maximum Gasteiger partial charge on any atom is 0.0857 e. The second-order valence-electron chi connectivity index (χ2n) is 7.79. The van der Waals surface area contributed by atoms with Crippen LogP contribution in [0.1, 0.15) is 0 Å². The van der Waals surface area contributed by atoms with Gasteiger partial charge in [-0.15, -0.1) is 12.6 Å². The largest absolute Gasteiger partial charge is 0.151 e. The quantitative estimate of drug-likeness (QED) is 0.207. The van der Waals surface area contributed by atoms with E-state index >= 15 is 0 Å². The predicted molar refractivity (Wildman–Crippen MR) is 141 cm³/mol. The molecule has 0 saturated heterocycles. The van der Waals surface area contributed by atoms with E-state index < -0.39 is 0 Å². The molecule has 2 nitrogen and oxygen atoms in total. The van der Waals surface area contributed by atoms with Gasteiger partial charge in [0.2, 0.25) is 0 Å². The summed E-state index contributed by atoms with van der Waals surface area (Å²) in [6.07, 6.45) is 0. The van der Waals surface area contributed by atoms with Crippen LogP contribution in [0.4, 0.5) is 11.4 Å². The van der Waals surface area contributed by atoms with E-state index in [1.807, 2.05) is 48.5 Å². The van der Waals surface area contributed by atoms with Gasteiger partial charge in [0.15, 0.2) is 0 Å². The van der Waals surface area contributed by atoms with Gasteiger partial charge in [0, 0.05) is 4.90 Å². The average molecular weight is 443 g/mol. The molecular weight excluding hydrogens is 420 g/mol. The lowest BCUT2D eigenvalue weighted by molar-refractivity contribution is 1.22. The van der Waals surface area contributed by atoms with Crippen LogP contribution in [0.15, 0.2) is 143 Å². The van der Waals surface area contributed by atoms with Crippen LogP contribution in [0, 0.1) is 0 Å². The van der Waals surface area contributed by atoms with Gasteiger partial charge in [-0.3, -0.25) is 0 Å². The Morgan fingerprint density at radius 1 is 0.364 bits per heavy atom. The number of azo groups is 1. The molecule has 0 radical (unpaired) electrons. The Hall–Kier alpha value is -3.95. The number of hydrogen-bond acceptors (Lipinski definition) is 3. The first kappa shape index (κ1) is 20.9. The molecule has 0 saturated carbocycles. The SMILES string of the molecule is Sc1ccc(N=Nc2ccc(-c3cc(-c4ccccc4)cc(-c4ccccc4)c3)cc2)cc1. The Labute approximate surface area is 199 Å². The van der Waals surface area contributed by atoms with Crippen molar-refractivity contribution in [2.45, 2.75) is 4.90 Å². The first-order chi connectivity index (χ1) is 16.2. The molecule has 5 rings (SSSR count). The second kappa shape index (κ2) is 9.68. The normalized spacial score (nSPS) is 11.1. The minimum atomic E-state index is 0.806.